The van der Waals surface area contributed by atoms with Crippen LogP contribution < -0.4 is 16.0 Å². The van der Waals surface area contributed by atoms with Gasteiger partial charge in [-0.1, -0.05) is 0 Å². The molecule has 3 N–H and O–H groups in total. The van der Waals surface area contributed by atoms with Crippen LogP contribution in [0.2, 0.25) is 0 Å². The summed E-state index contributed by atoms with van der Waals surface area (Å²) in [6.07, 6.45) is 2.30. The monoisotopic (exact) mass is 296 g/mol. The minimum absolute atomic E-state index is 0.180. The predicted molar refractivity (Wildman–Crippen MR) is 81.6 cm³/mol. The van der Waals surface area contributed by atoms with Crippen molar-refractivity contribution in [1.29, 1.82) is 0 Å². The van der Waals surface area contributed by atoms with Crippen molar-refractivity contribution in [2.45, 2.75) is 13.3 Å². The molecule has 118 valence electrons. The van der Waals surface area contributed by atoms with E-state index in [4.69, 9.17) is 9.15 Å². The van der Waals surface area contributed by atoms with E-state index in [0.717, 1.165) is 17.9 Å². The van der Waals surface area contributed by atoms with E-state index >= 15 is 0 Å². The van der Waals surface area contributed by atoms with Gasteiger partial charge >= 0.3 is 0 Å². The summed E-state index contributed by atoms with van der Waals surface area (Å²) in [4.78, 5) is 15.9. The maximum absolute atomic E-state index is 11.8. The number of hydrogen-bond donors (Lipinski definition) is 3. The molecule has 0 aromatic carbocycles. The Kier molecular flexibility index (Phi) is 7.96. The lowest BCUT2D eigenvalue weighted by atomic mass is 10.2. The van der Waals surface area contributed by atoms with Gasteiger partial charge in [-0.05, 0) is 19.4 Å². The summed E-state index contributed by atoms with van der Waals surface area (Å²) in [6.45, 7) is 4.45. The average Bonchev–Trinajstić information content (AvgIpc) is 2.91. The number of aliphatic imine (C=N–C) groups is 1. The third-order valence-corrected chi connectivity index (χ3v) is 2.82. The van der Waals surface area contributed by atoms with Gasteiger partial charge in [0.2, 0.25) is 0 Å². The van der Waals surface area contributed by atoms with Crippen LogP contribution in [-0.4, -0.2) is 52.3 Å². The molecule has 0 aliphatic carbocycles. The number of methoxy groups -OCH3 is 1. The molecule has 7 nitrogen and oxygen atoms in total. The fourth-order valence-corrected chi connectivity index (χ4v) is 1.67. The summed E-state index contributed by atoms with van der Waals surface area (Å²) in [7, 11) is 3.37. The number of amides is 1. The van der Waals surface area contributed by atoms with Gasteiger partial charge in [-0.2, -0.15) is 0 Å². The van der Waals surface area contributed by atoms with E-state index < -0.39 is 0 Å². The van der Waals surface area contributed by atoms with Crippen LogP contribution >= 0.6 is 0 Å². The largest absolute Gasteiger partial charge is 0.459 e. The zero-order chi connectivity index (χ0) is 15.5. The Morgan fingerprint density at radius 2 is 2.00 bits per heavy atom. The fourth-order valence-electron chi connectivity index (χ4n) is 1.67. The second kappa shape index (κ2) is 9.82. The van der Waals surface area contributed by atoms with E-state index in [9.17, 15) is 4.79 Å². The highest BCUT2D eigenvalue weighted by Crippen LogP contribution is 2.07. The number of ether oxygens (including phenoxy) is 1. The fraction of sp³-hybridized carbons (Fsp3) is 0.571. The molecule has 0 aliphatic heterocycles. The first-order chi connectivity index (χ1) is 10.2. The number of nitrogens with one attached hydrogen (secondary N) is 3. The smallest absolute Gasteiger partial charge is 0.287 e. The molecule has 1 aromatic heterocycles. The molecule has 21 heavy (non-hydrogen) atoms. The highest BCUT2D eigenvalue weighted by atomic mass is 16.5. The Balaban J connectivity index is 2.14. The first kappa shape index (κ1) is 17.0. The van der Waals surface area contributed by atoms with Crippen molar-refractivity contribution in [2.24, 2.45) is 4.99 Å². The van der Waals surface area contributed by atoms with Crippen LogP contribution in [-0.2, 0) is 4.74 Å². The molecule has 0 saturated carbocycles. The van der Waals surface area contributed by atoms with Gasteiger partial charge in [0.05, 0.1) is 12.9 Å². The van der Waals surface area contributed by atoms with Crippen molar-refractivity contribution in [3.8, 4) is 0 Å². The molecule has 1 heterocycles. The minimum atomic E-state index is -0.180. The van der Waals surface area contributed by atoms with Crippen LogP contribution in [0, 0.1) is 6.92 Å². The van der Waals surface area contributed by atoms with Gasteiger partial charge in [-0.25, -0.2) is 0 Å². The number of furan rings is 1. The number of aryl methyl sites for hydroxylation is 1. The molecule has 0 fully saturated rings. The third kappa shape index (κ3) is 6.31. The standard InChI is InChI=1S/C14H24N4O3/c1-11-5-9-21-12(11)13(19)16-6-4-7-17-14(15-2)18-8-10-20-3/h5,9H,4,6-8,10H2,1-3H3,(H,16,19)(H2,15,17,18). The number of guanidine groups is 1. The van der Waals surface area contributed by atoms with Crippen molar-refractivity contribution in [3.63, 3.8) is 0 Å². The van der Waals surface area contributed by atoms with Crippen LogP contribution in [0.4, 0.5) is 0 Å². The van der Waals surface area contributed by atoms with Crippen LogP contribution in [0.5, 0.6) is 0 Å². The van der Waals surface area contributed by atoms with Crippen molar-refractivity contribution in [3.05, 3.63) is 23.7 Å². The van der Waals surface area contributed by atoms with Crippen LogP contribution in [0.15, 0.2) is 21.7 Å². The lowest BCUT2D eigenvalue weighted by molar-refractivity contribution is 0.0925. The highest BCUT2D eigenvalue weighted by molar-refractivity contribution is 5.92. The molecule has 0 spiro atoms. The molecule has 0 aliphatic rings. The molecule has 1 aromatic rings. The maximum atomic E-state index is 11.8. The average molecular weight is 296 g/mol. The van der Waals surface area contributed by atoms with Crippen LogP contribution in [0.3, 0.4) is 0 Å². The molecule has 7 heteroatoms. The molecule has 0 atom stereocenters. The summed E-state index contributed by atoms with van der Waals surface area (Å²) < 4.78 is 10.1. The zero-order valence-corrected chi connectivity index (χ0v) is 12.9. The van der Waals surface area contributed by atoms with Gasteiger partial charge in [-0.3, -0.25) is 9.79 Å². The lowest BCUT2D eigenvalue weighted by Crippen LogP contribution is -2.40. The number of nitrogens with zero attached hydrogens (tertiary/aromatic N) is 1. The number of rotatable bonds is 8. The Bertz CT molecular complexity index is 457. The molecule has 0 saturated heterocycles. The molecule has 0 radical (unpaired) electrons. The van der Waals surface area contributed by atoms with Crippen molar-refractivity contribution < 1.29 is 13.9 Å². The van der Waals surface area contributed by atoms with Gasteiger partial charge in [0, 0.05) is 39.4 Å². The Hall–Kier alpha value is -2.02. The molecular formula is C14H24N4O3. The van der Waals surface area contributed by atoms with Gasteiger partial charge < -0.3 is 25.1 Å². The van der Waals surface area contributed by atoms with Gasteiger partial charge in [-0.15, -0.1) is 0 Å². The number of hydrogen-bond acceptors (Lipinski definition) is 4. The molecule has 1 rings (SSSR count). The summed E-state index contributed by atoms with van der Waals surface area (Å²) in [5, 5.41) is 9.09. The second-order valence-electron chi connectivity index (χ2n) is 4.46. The highest BCUT2D eigenvalue weighted by Gasteiger charge is 2.11. The quantitative estimate of drug-likeness (QED) is 0.370. The van der Waals surface area contributed by atoms with E-state index in [1.165, 1.54) is 6.26 Å². The van der Waals surface area contributed by atoms with E-state index in [2.05, 4.69) is 20.9 Å². The Morgan fingerprint density at radius 3 is 2.62 bits per heavy atom. The van der Waals surface area contributed by atoms with Gasteiger partial charge in [0.1, 0.15) is 0 Å². The second-order valence-corrected chi connectivity index (χ2v) is 4.46. The Morgan fingerprint density at radius 1 is 1.29 bits per heavy atom. The minimum Gasteiger partial charge on any atom is -0.459 e. The third-order valence-electron chi connectivity index (χ3n) is 2.82. The van der Waals surface area contributed by atoms with E-state index in [1.807, 2.05) is 6.92 Å². The maximum Gasteiger partial charge on any atom is 0.287 e. The summed E-state index contributed by atoms with van der Waals surface area (Å²) in [5.74, 6) is 0.917. The number of carbonyl (C=O) groups is 1. The molecule has 1 amide bonds. The van der Waals surface area contributed by atoms with E-state index in [0.29, 0.717) is 32.0 Å². The normalized spacial score (nSPS) is 11.3. The van der Waals surface area contributed by atoms with Gasteiger partial charge in [0.25, 0.3) is 5.91 Å². The van der Waals surface area contributed by atoms with Crippen LogP contribution in [0.1, 0.15) is 22.5 Å². The molecule has 0 bridgehead atoms. The first-order valence-electron chi connectivity index (χ1n) is 6.94. The van der Waals surface area contributed by atoms with Crippen molar-refractivity contribution >= 4 is 11.9 Å². The summed E-state index contributed by atoms with van der Waals surface area (Å²) in [6, 6.07) is 1.77. The zero-order valence-electron chi connectivity index (χ0n) is 12.9. The first-order valence-corrected chi connectivity index (χ1v) is 6.94. The molecular weight excluding hydrogens is 272 g/mol. The van der Waals surface area contributed by atoms with Crippen molar-refractivity contribution in [2.75, 3.05) is 40.4 Å². The topological polar surface area (TPSA) is 87.9 Å². The molecule has 0 unspecified atom stereocenters. The van der Waals surface area contributed by atoms with E-state index in [1.54, 1.807) is 20.2 Å². The predicted octanol–water partition coefficient (Wildman–Crippen LogP) is 0.519. The summed E-state index contributed by atoms with van der Waals surface area (Å²) in [5.41, 5.74) is 0.841. The van der Waals surface area contributed by atoms with E-state index in [-0.39, 0.29) is 5.91 Å². The van der Waals surface area contributed by atoms with Crippen LogP contribution in [0.25, 0.3) is 0 Å². The Labute approximate surface area is 125 Å². The SMILES string of the molecule is CN=C(NCCCNC(=O)c1occc1C)NCCOC. The lowest BCUT2D eigenvalue weighted by Gasteiger charge is -2.11. The van der Waals surface area contributed by atoms with Gasteiger partial charge in [0.15, 0.2) is 11.7 Å². The summed E-state index contributed by atoms with van der Waals surface area (Å²) >= 11 is 0. The number of carbonyl (C=O) groups excluding carboxylic acids is 1. The van der Waals surface area contributed by atoms with Crippen molar-refractivity contribution in [1.82, 2.24) is 16.0 Å².